The van der Waals surface area contributed by atoms with E-state index in [4.69, 9.17) is 5.11 Å². The van der Waals surface area contributed by atoms with Crippen molar-refractivity contribution in [2.24, 2.45) is 0 Å². The first-order chi connectivity index (χ1) is 8.92. The van der Waals surface area contributed by atoms with E-state index in [1.165, 1.54) is 18.2 Å². The van der Waals surface area contributed by atoms with Crippen LogP contribution in [0.2, 0.25) is 0 Å². The van der Waals surface area contributed by atoms with Crippen LogP contribution in [-0.4, -0.2) is 22.5 Å². The van der Waals surface area contributed by atoms with E-state index in [0.717, 1.165) is 6.42 Å². The molecule has 1 aromatic carbocycles. The Kier molecular flexibility index (Phi) is 3.55. The first kappa shape index (κ1) is 13.5. The lowest BCUT2D eigenvalue weighted by atomic mass is 9.74. The number of hydrogen-bond acceptors (Lipinski definition) is 2. The summed E-state index contributed by atoms with van der Waals surface area (Å²) < 4.78 is 13.2. The van der Waals surface area contributed by atoms with Gasteiger partial charge in [-0.2, -0.15) is 0 Å². The maximum atomic E-state index is 13.2. The predicted octanol–water partition coefficient (Wildman–Crippen LogP) is 2.26. The number of nitrogens with one attached hydrogen (secondary N) is 1. The fourth-order valence-corrected chi connectivity index (χ4v) is 2.39. The quantitative estimate of drug-likeness (QED) is 0.877. The van der Waals surface area contributed by atoms with Crippen LogP contribution in [-0.2, 0) is 4.79 Å². The van der Waals surface area contributed by atoms with Gasteiger partial charge in [0, 0.05) is 5.56 Å². The van der Waals surface area contributed by atoms with E-state index in [-0.39, 0.29) is 12.0 Å². The third-order valence-corrected chi connectivity index (χ3v) is 3.62. The number of aryl methyl sites for hydroxylation is 1. The van der Waals surface area contributed by atoms with Crippen LogP contribution in [0.25, 0.3) is 0 Å². The van der Waals surface area contributed by atoms with Crippen molar-refractivity contribution in [3.05, 3.63) is 35.1 Å². The molecule has 102 valence electrons. The third-order valence-electron chi connectivity index (χ3n) is 3.62. The monoisotopic (exact) mass is 265 g/mol. The summed E-state index contributed by atoms with van der Waals surface area (Å²) in [4.78, 5) is 23.0. The molecule has 0 aliphatic heterocycles. The Labute approximate surface area is 110 Å². The van der Waals surface area contributed by atoms with Gasteiger partial charge >= 0.3 is 5.97 Å². The number of carbonyl (C=O) groups excluding carboxylic acids is 1. The van der Waals surface area contributed by atoms with Crippen LogP contribution < -0.4 is 5.32 Å². The molecular formula is C14H16FNO3. The summed E-state index contributed by atoms with van der Waals surface area (Å²) in [5.41, 5.74) is 0.266. The van der Waals surface area contributed by atoms with Gasteiger partial charge < -0.3 is 10.4 Å². The second-order valence-electron chi connectivity index (χ2n) is 5.12. The topological polar surface area (TPSA) is 66.4 Å². The molecule has 4 nitrogen and oxygen atoms in total. The van der Waals surface area contributed by atoms with Gasteiger partial charge in [0.15, 0.2) is 0 Å². The molecule has 0 unspecified atom stereocenters. The molecular weight excluding hydrogens is 249 g/mol. The van der Waals surface area contributed by atoms with Gasteiger partial charge in [-0.05, 0) is 43.9 Å². The first-order valence-corrected chi connectivity index (χ1v) is 6.22. The highest BCUT2D eigenvalue weighted by molar-refractivity contribution is 5.96. The molecule has 0 aromatic heterocycles. The maximum absolute atomic E-state index is 13.2. The number of carbonyl (C=O) groups is 2. The Morgan fingerprint density at radius 1 is 1.42 bits per heavy atom. The Balaban J connectivity index is 2.16. The summed E-state index contributed by atoms with van der Waals surface area (Å²) in [6.07, 6.45) is 2.11. The molecule has 2 N–H and O–H groups in total. The molecule has 0 spiro atoms. The molecule has 19 heavy (non-hydrogen) atoms. The van der Waals surface area contributed by atoms with Gasteiger partial charge in [-0.3, -0.25) is 9.59 Å². The van der Waals surface area contributed by atoms with Gasteiger partial charge in [0.2, 0.25) is 0 Å². The van der Waals surface area contributed by atoms with E-state index in [2.05, 4.69) is 5.32 Å². The fourth-order valence-electron chi connectivity index (χ4n) is 2.39. The smallest absolute Gasteiger partial charge is 0.305 e. The van der Waals surface area contributed by atoms with E-state index in [0.29, 0.717) is 18.4 Å². The van der Waals surface area contributed by atoms with Gasteiger partial charge in [0.05, 0.1) is 12.0 Å². The molecule has 1 aliphatic carbocycles. The van der Waals surface area contributed by atoms with Gasteiger partial charge in [0.25, 0.3) is 5.91 Å². The van der Waals surface area contributed by atoms with Crippen LogP contribution in [0.5, 0.6) is 0 Å². The molecule has 1 amide bonds. The zero-order valence-corrected chi connectivity index (χ0v) is 10.7. The average molecular weight is 265 g/mol. The molecule has 2 rings (SSSR count). The number of carboxylic acids is 1. The number of carboxylic acid groups (broad SMARTS) is 1. The van der Waals surface area contributed by atoms with Crippen LogP contribution in [0.4, 0.5) is 4.39 Å². The second kappa shape index (κ2) is 4.99. The van der Waals surface area contributed by atoms with Crippen molar-refractivity contribution in [3.63, 3.8) is 0 Å². The molecule has 5 heteroatoms. The van der Waals surface area contributed by atoms with Crippen LogP contribution in [0.3, 0.4) is 0 Å². The average Bonchev–Trinajstić information content (AvgIpc) is 2.28. The number of hydrogen-bond donors (Lipinski definition) is 2. The number of halogens is 1. The molecule has 0 radical (unpaired) electrons. The largest absolute Gasteiger partial charge is 0.481 e. The molecule has 1 aliphatic rings. The van der Waals surface area contributed by atoms with Gasteiger partial charge in [-0.15, -0.1) is 0 Å². The highest BCUT2D eigenvalue weighted by Gasteiger charge is 2.40. The summed E-state index contributed by atoms with van der Waals surface area (Å²) in [6.45, 7) is 1.72. The second-order valence-corrected chi connectivity index (χ2v) is 5.12. The lowest BCUT2D eigenvalue weighted by Gasteiger charge is -2.41. The molecule has 1 fully saturated rings. The summed E-state index contributed by atoms with van der Waals surface area (Å²) in [7, 11) is 0. The Morgan fingerprint density at radius 3 is 2.63 bits per heavy atom. The molecule has 0 saturated heterocycles. The van der Waals surface area contributed by atoms with E-state index in [9.17, 15) is 14.0 Å². The van der Waals surface area contributed by atoms with Crippen molar-refractivity contribution in [1.82, 2.24) is 5.32 Å². The zero-order chi connectivity index (χ0) is 14.0. The summed E-state index contributed by atoms with van der Waals surface area (Å²) in [5.74, 6) is -1.81. The minimum Gasteiger partial charge on any atom is -0.481 e. The van der Waals surface area contributed by atoms with Gasteiger partial charge in [-0.1, -0.05) is 6.07 Å². The molecule has 0 bridgehead atoms. The first-order valence-electron chi connectivity index (χ1n) is 6.22. The van der Waals surface area contributed by atoms with Crippen LogP contribution >= 0.6 is 0 Å². The Bertz CT molecular complexity index is 523. The number of benzene rings is 1. The van der Waals surface area contributed by atoms with Crippen molar-refractivity contribution in [3.8, 4) is 0 Å². The van der Waals surface area contributed by atoms with Crippen molar-refractivity contribution in [2.45, 2.75) is 38.1 Å². The summed E-state index contributed by atoms with van der Waals surface area (Å²) in [6, 6.07) is 4.01. The standard InChI is InChI=1S/C14H16FNO3/c1-9-3-4-10(15)7-11(9)13(19)16-14(5-2-6-14)8-12(17)18/h3-4,7H,2,5-6,8H2,1H3,(H,16,19)(H,17,18). The molecule has 0 heterocycles. The number of rotatable bonds is 4. The SMILES string of the molecule is Cc1ccc(F)cc1C(=O)NC1(CC(=O)O)CCC1. The minimum absolute atomic E-state index is 0.0902. The van der Waals surface area contributed by atoms with Gasteiger partial charge in [0.1, 0.15) is 5.82 Å². The van der Waals surface area contributed by atoms with E-state index in [1.807, 2.05) is 0 Å². The zero-order valence-electron chi connectivity index (χ0n) is 10.7. The maximum Gasteiger partial charge on any atom is 0.305 e. The fraction of sp³-hybridized carbons (Fsp3) is 0.429. The summed E-state index contributed by atoms with van der Waals surface area (Å²) >= 11 is 0. The highest BCUT2D eigenvalue weighted by Crippen LogP contribution is 2.35. The van der Waals surface area contributed by atoms with Crippen LogP contribution in [0.15, 0.2) is 18.2 Å². The predicted molar refractivity (Wildman–Crippen MR) is 67.4 cm³/mol. The van der Waals surface area contributed by atoms with Crippen LogP contribution in [0.1, 0.15) is 41.6 Å². The third kappa shape index (κ3) is 2.92. The van der Waals surface area contributed by atoms with Crippen molar-refractivity contribution in [2.75, 3.05) is 0 Å². The molecule has 1 saturated carbocycles. The van der Waals surface area contributed by atoms with E-state index >= 15 is 0 Å². The number of amides is 1. The lowest BCUT2D eigenvalue weighted by Crippen LogP contribution is -2.54. The normalized spacial score (nSPS) is 16.5. The van der Waals surface area contributed by atoms with Gasteiger partial charge in [-0.25, -0.2) is 4.39 Å². The van der Waals surface area contributed by atoms with E-state index in [1.54, 1.807) is 6.92 Å². The highest BCUT2D eigenvalue weighted by atomic mass is 19.1. The van der Waals surface area contributed by atoms with Crippen molar-refractivity contribution in [1.29, 1.82) is 0 Å². The van der Waals surface area contributed by atoms with Crippen molar-refractivity contribution >= 4 is 11.9 Å². The Morgan fingerprint density at radius 2 is 2.11 bits per heavy atom. The van der Waals surface area contributed by atoms with Crippen LogP contribution in [0, 0.1) is 12.7 Å². The molecule has 0 atom stereocenters. The minimum atomic E-state index is -0.934. The van der Waals surface area contributed by atoms with Crippen molar-refractivity contribution < 1.29 is 19.1 Å². The number of aliphatic carboxylic acids is 1. The summed E-state index contributed by atoms with van der Waals surface area (Å²) in [5, 5.41) is 11.6. The van der Waals surface area contributed by atoms with E-state index < -0.39 is 23.2 Å². The Hall–Kier alpha value is -1.91. The lowest BCUT2D eigenvalue weighted by molar-refractivity contribution is -0.139. The molecule has 1 aromatic rings.